The number of hydrogen-bond donors (Lipinski definition) is 0. The van der Waals surface area contributed by atoms with Crippen LogP contribution in [0, 0.1) is 0 Å². The van der Waals surface area contributed by atoms with Crippen LogP contribution in [0.25, 0.3) is 0 Å². The van der Waals surface area contributed by atoms with E-state index in [9.17, 15) is 4.79 Å². The van der Waals surface area contributed by atoms with Crippen LogP contribution in [0.5, 0.6) is 0 Å². The predicted octanol–water partition coefficient (Wildman–Crippen LogP) is 1.86. The van der Waals surface area contributed by atoms with E-state index in [4.69, 9.17) is 9.47 Å². The fraction of sp³-hybridized carbons (Fsp3) is 0.889. The van der Waals surface area contributed by atoms with E-state index in [-0.39, 0.29) is 5.97 Å². The molecule has 1 aliphatic heterocycles. The number of carbonyl (C=O) groups excluding carboxylic acids is 1. The van der Waals surface area contributed by atoms with Crippen LogP contribution in [0.3, 0.4) is 0 Å². The molecule has 1 aliphatic rings. The number of ether oxygens (including phenoxy) is 2. The Morgan fingerprint density at radius 2 is 2.42 bits per heavy atom. The van der Waals surface area contributed by atoms with Crippen LogP contribution < -0.4 is 0 Å². The second kappa shape index (κ2) is 3.90. The summed E-state index contributed by atoms with van der Waals surface area (Å²) in [5, 5.41) is 0. The fourth-order valence-corrected chi connectivity index (χ4v) is 1.21. The molecule has 0 radical (unpaired) electrons. The van der Waals surface area contributed by atoms with E-state index in [2.05, 4.69) is 6.92 Å². The second-order valence-corrected chi connectivity index (χ2v) is 3.31. The van der Waals surface area contributed by atoms with Gasteiger partial charge in [-0.25, -0.2) is 0 Å². The van der Waals surface area contributed by atoms with Crippen LogP contribution in [0.1, 0.15) is 39.5 Å². The summed E-state index contributed by atoms with van der Waals surface area (Å²) in [7, 11) is 0. The first-order chi connectivity index (χ1) is 5.66. The largest absolute Gasteiger partial charge is 0.433 e. The molecule has 0 N–H and O–H groups in total. The summed E-state index contributed by atoms with van der Waals surface area (Å²) in [6.45, 7) is 4.61. The van der Waals surface area contributed by atoms with Gasteiger partial charge in [-0.2, -0.15) is 0 Å². The summed E-state index contributed by atoms with van der Waals surface area (Å²) in [6, 6.07) is 0. The number of esters is 1. The molecule has 1 unspecified atom stereocenters. The molecule has 3 nitrogen and oxygen atoms in total. The summed E-state index contributed by atoms with van der Waals surface area (Å²) in [5.41, 5.74) is 0. The third-order valence-corrected chi connectivity index (χ3v) is 2.02. The van der Waals surface area contributed by atoms with Crippen molar-refractivity contribution < 1.29 is 14.3 Å². The molecule has 1 fully saturated rings. The zero-order chi connectivity index (χ0) is 9.03. The first kappa shape index (κ1) is 9.52. The number of rotatable bonds is 4. The Balaban J connectivity index is 2.25. The molecule has 0 aliphatic carbocycles. The molecule has 12 heavy (non-hydrogen) atoms. The molecule has 0 aromatic heterocycles. The quantitative estimate of drug-likeness (QED) is 0.479. The van der Waals surface area contributed by atoms with Crippen molar-refractivity contribution in [3.63, 3.8) is 0 Å². The van der Waals surface area contributed by atoms with E-state index < -0.39 is 5.79 Å². The number of unbranched alkanes of at least 4 members (excludes halogenated alkanes) is 1. The van der Waals surface area contributed by atoms with E-state index in [1.54, 1.807) is 0 Å². The van der Waals surface area contributed by atoms with Crippen LogP contribution in [-0.2, 0) is 14.3 Å². The fourth-order valence-electron chi connectivity index (χ4n) is 1.21. The lowest BCUT2D eigenvalue weighted by Crippen LogP contribution is -2.28. The smallest absolute Gasteiger partial charge is 0.308 e. The average molecular weight is 172 g/mol. The summed E-state index contributed by atoms with van der Waals surface area (Å²) >= 11 is 0. The highest BCUT2D eigenvalue weighted by molar-refractivity contribution is 5.71. The Hall–Kier alpha value is -0.570. The van der Waals surface area contributed by atoms with Gasteiger partial charge in [-0.05, 0) is 6.42 Å². The minimum atomic E-state index is -0.633. The van der Waals surface area contributed by atoms with Gasteiger partial charge in [0.15, 0.2) is 0 Å². The molecule has 0 bridgehead atoms. The summed E-state index contributed by atoms with van der Waals surface area (Å²) < 4.78 is 10.5. The lowest BCUT2D eigenvalue weighted by molar-refractivity contribution is -0.203. The highest BCUT2D eigenvalue weighted by Gasteiger charge is 2.36. The van der Waals surface area contributed by atoms with Gasteiger partial charge >= 0.3 is 5.97 Å². The van der Waals surface area contributed by atoms with E-state index >= 15 is 0 Å². The van der Waals surface area contributed by atoms with E-state index in [0.29, 0.717) is 19.4 Å². The maximum atomic E-state index is 10.8. The van der Waals surface area contributed by atoms with Crippen LogP contribution in [-0.4, -0.2) is 18.4 Å². The Bertz CT molecular complexity index is 167. The van der Waals surface area contributed by atoms with E-state index in [1.165, 1.54) is 0 Å². The Morgan fingerprint density at radius 3 is 2.92 bits per heavy atom. The molecule has 3 heteroatoms. The second-order valence-electron chi connectivity index (χ2n) is 3.31. The standard InChI is InChI=1S/C9H16O3/c1-3-4-7-11-9(2)6-5-8(10)12-9/h3-7H2,1-2H3. The van der Waals surface area contributed by atoms with Crippen molar-refractivity contribution in [2.75, 3.05) is 6.61 Å². The zero-order valence-corrected chi connectivity index (χ0v) is 7.76. The lowest BCUT2D eigenvalue weighted by atomic mass is 10.2. The average Bonchev–Trinajstić information content (AvgIpc) is 2.32. The Morgan fingerprint density at radius 1 is 1.67 bits per heavy atom. The third-order valence-electron chi connectivity index (χ3n) is 2.02. The summed E-state index contributed by atoms with van der Waals surface area (Å²) in [5.74, 6) is -0.777. The molecular formula is C9H16O3. The first-order valence-corrected chi connectivity index (χ1v) is 4.52. The van der Waals surface area contributed by atoms with Crippen LogP contribution in [0.2, 0.25) is 0 Å². The highest BCUT2D eigenvalue weighted by atomic mass is 16.7. The van der Waals surface area contributed by atoms with Gasteiger partial charge in [-0.1, -0.05) is 13.3 Å². The van der Waals surface area contributed by atoms with Gasteiger partial charge in [0, 0.05) is 13.3 Å². The third kappa shape index (κ3) is 2.48. The molecule has 0 amide bonds. The number of cyclic esters (lactones) is 1. The minimum Gasteiger partial charge on any atom is -0.433 e. The van der Waals surface area contributed by atoms with Gasteiger partial charge in [-0.15, -0.1) is 0 Å². The van der Waals surface area contributed by atoms with Gasteiger partial charge < -0.3 is 9.47 Å². The molecule has 0 saturated carbocycles. The molecule has 1 saturated heterocycles. The molecule has 0 aromatic rings. The van der Waals surface area contributed by atoms with Crippen LogP contribution in [0.4, 0.5) is 0 Å². The van der Waals surface area contributed by atoms with Gasteiger partial charge in [0.1, 0.15) is 0 Å². The maximum absolute atomic E-state index is 10.8. The van der Waals surface area contributed by atoms with Gasteiger partial charge in [0.2, 0.25) is 5.79 Å². The summed E-state index contributed by atoms with van der Waals surface area (Å²) in [4.78, 5) is 10.8. The highest BCUT2D eigenvalue weighted by Crippen LogP contribution is 2.27. The van der Waals surface area contributed by atoms with Crippen molar-refractivity contribution >= 4 is 5.97 Å². The van der Waals surface area contributed by atoms with Crippen molar-refractivity contribution in [1.82, 2.24) is 0 Å². The lowest BCUT2D eigenvalue weighted by Gasteiger charge is -2.22. The topological polar surface area (TPSA) is 35.5 Å². The Kier molecular flexibility index (Phi) is 3.09. The predicted molar refractivity (Wildman–Crippen MR) is 44.6 cm³/mol. The van der Waals surface area contributed by atoms with Gasteiger partial charge in [0.25, 0.3) is 0 Å². The Labute approximate surface area is 73.0 Å². The summed E-state index contributed by atoms with van der Waals surface area (Å²) in [6.07, 6.45) is 3.30. The van der Waals surface area contributed by atoms with Gasteiger partial charge in [-0.3, -0.25) is 4.79 Å². The van der Waals surface area contributed by atoms with Crippen LogP contribution >= 0.6 is 0 Å². The molecule has 0 aromatic carbocycles. The van der Waals surface area contributed by atoms with Crippen molar-refractivity contribution in [2.24, 2.45) is 0 Å². The molecular weight excluding hydrogens is 156 g/mol. The number of carbonyl (C=O) groups is 1. The zero-order valence-electron chi connectivity index (χ0n) is 7.76. The maximum Gasteiger partial charge on any atom is 0.308 e. The molecule has 1 heterocycles. The molecule has 0 spiro atoms. The van der Waals surface area contributed by atoms with E-state index in [0.717, 1.165) is 12.8 Å². The van der Waals surface area contributed by atoms with Crippen molar-refractivity contribution in [3.8, 4) is 0 Å². The minimum absolute atomic E-state index is 0.144. The van der Waals surface area contributed by atoms with Gasteiger partial charge in [0.05, 0.1) is 13.0 Å². The molecule has 1 rings (SSSR count). The van der Waals surface area contributed by atoms with E-state index in [1.807, 2.05) is 6.92 Å². The molecule has 70 valence electrons. The SMILES string of the molecule is CCCCOC1(C)CCC(=O)O1. The number of hydrogen-bond acceptors (Lipinski definition) is 3. The van der Waals surface area contributed by atoms with Crippen molar-refractivity contribution in [2.45, 2.75) is 45.3 Å². The first-order valence-electron chi connectivity index (χ1n) is 4.52. The molecule has 1 atom stereocenters. The normalized spacial score (nSPS) is 29.0. The van der Waals surface area contributed by atoms with Crippen LogP contribution in [0.15, 0.2) is 0 Å². The van der Waals surface area contributed by atoms with Crippen molar-refractivity contribution in [3.05, 3.63) is 0 Å². The van der Waals surface area contributed by atoms with Crippen molar-refractivity contribution in [1.29, 1.82) is 0 Å². The monoisotopic (exact) mass is 172 g/mol.